The minimum atomic E-state index is 0. The van der Waals surface area contributed by atoms with E-state index in [9.17, 15) is 0 Å². The average molecular weight is 872 g/mol. The van der Waals surface area contributed by atoms with Crippen molar-refractivity contribution in [1.82, 2.24) is 19.1 Å². The molecule has 0 saturated carbocycles. The van der Waals surface area contributed by atoms with Crippen LogP contribution in [0.2, 0.25) is 0 Å². The number of nitrogens with one attached hydrogen (secondary N) is 2. The first-order chi connectivity index (χ1) is 29.2. The number of H-pyrrole nitrogens is 2. The van der Waals surface area contributed by atoms with Gasteiger partial charge in [-0.3, -0.25) is 0 Å². The largest absolute Gasteiger partial charge is 0.354 e. The highest BCUT2D eigenvalue weighted by molar-refractivity contribution is 14.1. The summed E-state index contributed by atoms with van der Waals surface area (Å²) in [5.41, 5.74) is 12.1. The van der Waals surface area contributed by atoms with Crippen LogP contribution in [0.3, 0.4) is 0 Å². The maximum atomic E-state index is 3.51. The van der Waals surface area contributed by atoms with Crippen molar-refractivity contribution in [3.05, 3.63) is 216 Å². The molecular formula is C54H39IN4. The number of para-hydroxylation sites is 6. The number of benzene rings is 9. The van der Waals surface area contributed by atoms with Crippen molar-refractivity contribution >= 4 is 110 Å². The van der Waals surface area contributed by atoms with Crippen LogP contribution in [0.15, 0.2) is 212 Å². The van der Waals surface area contributed by atoms with Crippen LogP contribution in [0.1, 0.15) is 1.43 Å². The number of aromatic nitrogens is 4. The molecule has 59 heavy (non-hydrogen) atoms. The van der Waals surface area contributed by atoms with Crippen LogP contribution < -0.4 is 0 Å². The maximum Gasteiger partial charge on any atom is 0.0548 e. The predicted octanol–water partition coefficient (Wildman–Crippen LogP) is 15.4. The lowest BCUT2D eigenvalue weighted by Gasteiger charge is -2.09. The lowest BCUT2D eigenvalue weighted by molar-refractivity contribution is 1.17. The van der Waals surface area contributed by atoms with Gasteiger partial charge in [0.1, 0.15) is 0 Å². The van der Waals surface area contributed by atoms with Gasteiger partial charge in [-0.05, 0) is 108 Å². The lowest BCUT2D eigenvalue weighted by Crippen LogP contribution is -1.94. The van der Waals surface area contributed by atoms with Crippen LogP contribution in [0, 0.1) is 3.57 Å². The highest BCUT2D eigenvalue weighted by atomic mass is 127. The van der Waals surface area contributed by atoms with Crippen molar-refractivity contribution in [3.8, 4) is 11.4 Å². The summed E-state index contributed by atoms with van der Waals surface area (Å²) in [5.74, 6) is 0. The van der Waals surface area contributed by atoms with Gasteiger partial charge in [0, 0.05) is 81.5 Å². The second-order valence-corrected chi connectivity index (χ2v) is 16.1. The Bertz CT molecular complexity index is 3400. The number of rotatable bonds is 2. The molecule has 282 valence electrons. The van der Waals surface area contributed by atoms with Crippen molar-refractivity contribution in [2.75, 3.05) is 0 Å². The molecule has 0 unspecified atom stereocenters. The third-order valence-electron chi connectivity index (χ3n) is 11.4. The Labute approximate surface area is 355 Å². The van der Waals surface area contributed by atoms with Crippen molar-refractivity contribution in [2.24, 2.45) is 0 Å². The van der Waals surface area contributed by atoms with E-state index in [0.717, 1.165) is 0 Å². The molecule has 0 aliphatic heterocycles. The molecule has 0 bridgehead atoms. The number of fused-ring (bicyclic) bond motifs is 12. The number of halogens is 1. The molecule has 4 heterocycles. The Kier molecular flexibility index (Phi) is 8.74. The maximum absolute atomic E-state index is 3.51. The number of hydrogen-bond donors (Lipinski definition) is 2. The summed E-state index contributed by atoms with van der Waals surface area (Å²) in [6, 6.07) is 75.1. The van der Waals surface area contributed by atoms with Crippen molar-refractivity contribution in [3.63, 3.8) is 0 Å². The Morgan fingerprint density at radius 3 is 1.05 bits per heavy atom. The van der Waals surface area contributed by atoms with Gasteiger partial charge in [0.15, 0.2) is 0 Å². The molecule has 0 atom stereocenters. The normalized spacial score (nSPS) is 11.5. The van der Waals surface area contributed by atoms with E-state index in [0.29, 0.717) is 0 Å². The molecule has 0 spiro atoms. The average Bonchev–Trinajstić information content (AvgIpc) is 4.03. The fourth-order valence-electron chi connectivity index (χ4n) is 8.75. The molecule has 0 fully saturated rings. The summed E-state index contributed by atoms with van der Waals surface area (Å²) in [6.07, 6.45) is 0. The zero-order valence-corrected chi connectivity index (χ0v) is 34.1. The quantitative estimate of drug-likeness (QED) is 0.163. The zero-order chi connectivity index (χ0) is 39.3. The van der Waals surface area contributed by atoms with E-state index in [4.69, 9.17) is 0 Å². The zero-order valence-electron chi connectivity index (χ0n) is 32.0. The molecule has 4 aromatic heterocycles. The summed E-state index contributed by atoms with van der Waals surface area (Å²) in [5, 5.41) is 10.2. The Hall–Kier alpha value is -7.09. The lowest BCUT2D eigenvalue weighted by atomic mass is 10.1. The Morgan fingerprint density at radius 1 is 0.288 bits per heavy atom. The molecule has 5 heteroatoms. The van der Waals surface area contributed by atoms with Gasteiger partial charge in [0.2, 0.25) is 0 Å². The molecule has 13 aromatic rings. The van der Waals surface area contributed by atoms with Crippen LogP contribution in [0.4, 0.5) is 0 Å². The molecule has 0 aliphatic carbocycles. The fraction of sp³-hybridized carbons (Fsp3) is 0. The molecular weight excluding hydrogens is 832 g/mol. The second-order valence-electron chi connectivity index (χ2n) is 14.8. The van der Waals surface area contributed by atoms with E-state index >= 15 is 0 Å². The van der Waals surface area contributed by atoms with Crippen LogP contribution >= 0.6 is 22.6 Å². The third kappa shape index (κ3) is 6.13. The predicted molar refractivity (Wildman–Crippen MR) is 262 cm³/mol. The summed E-state index contributed by atoms with van der Waals surface area (Å²) < 4.78 is 6.07. The minimum Gasteiger partial charge on any atom is -0.354 e. The monoisotopic (exact) mass is 871 g/mol. The highest BCUT2D eigenvalue weighted by Crippen LogP contribution is 2.39. The van der Waals surface area contributed by atoms with Gasteiger partial charge in [-0.15, -0.1) is 0 Å². The van der Waals surface area contributed by atoms with Crippen molar-refractivity contribution in [1.29, 1.82) is 0 Å². The minimum absolute atomic E-state index is 0. The van der Waals surface area contributed by atoms with E-state index < -0.39 is 0 Å². The van der Waals surface area contributed by atoms with E-state index in [1.54, 1.807) is 0 Å². The molecule has 13 rings (SSSR count). The fourth-order valence-corrected chi connectivity index (χ4v) is 9.17. The van der Waals surface area contributed by atoms with Crippen LogP contribution in [0.25, 0.3) is 98.6 Å². The topological polar surface area (TPSA) is 41.4 Å². The van der Waals surface area contributed by atoms with E-state index in [1.165, 1.54) is 102 Å². The number of nitrogens with zero attached hydrogens (tertiary/aromatic N) is 2. The molecule has 2 N–H and O–H groups in total. The summed E-state index contributed by atoms with van der Waals surface area (Å²) in [6.45, 7) is 0. The summed E-state index contributed by atoms with van der Waals surface area (Å²) in [4.78, 5) is 7.02. The highest BCUT2D eigenvalue weighted by Gasteiger charge is 2.18. The smallest absolute Gasteiger partial charge is 0.0548 e. The molecule has 0 saturated heterocycles. The number of aromatic amines is 2. The molecule has 0 amide bonds. The van der Waals surface area contributed by atoms with Gasteiger partial charge in [-0.25, -0.2) is 0 Å². The summed E-state index contributed by atoms with van der Waals surface area (Å²) >= 11 is 2.28. The van der Waals surface area contributed by atoms with Crippen LogP contribution in [-0.2, 0) is 0 Å². The van der Waals surface area contributed by atoms with Crippen molar-refractivity contribution < 1.29 is 1.43 Å². The molecule has 4 nitrogen and oxygen atoms in total. The van der Waals surface area contributed by atoms with Gasteiger partial charge in [0.05, 0.1) is 22.1 Å². The third-order valence-corrected chi connectivity index (χ3v) is 12.1. The first kappa shape index (κ1) is 35.1. The Balaban J connectivity index is 0.000000131. The second kappa shape index (κ2) is 14.7. The van der Waals surface area contributed by atoms with Gasteiger partial charge < -0.3 is 19.1 Å². The number of hydrogen-bond acceptors (Lipinski definition) is 0. The first-order valence-corrected chi connectivity index (χ1v) is 21.0. The van der Waals surface area contributed by atoms with Gasteiger partial charge >= 0.3 is 0 Å². The molecule has 0 aliphatic rings. The van der Waals surface area contributed by atoms with E-state index in [2.05, 4.69) is 236 Å². The van der Waals surface area contributed by atoms with E-state index in [1.807, 2.05) is 18.2 Å². The van der Waals surface area contributed by atoms with Crippen LogP contribution in [-0.4, -0.2) is 19.1 Å². The van der Waals surface area contributed by atoms with Gasteiger partial charge in [-0.1, -0.05) is 127 Å². The Morgan fingerprint density at radius 2 is 0.644 bits per heavy atom. The van der Waals surface area contributed by atoms with Gasteiger partial charge in [-0.2, -0.15) is 0 Å². The SMILES string of the molecule is Ic1ccccc1.[2HH].c1ccc(-n2c3ccccc3c3cc4c(cc32)c2ccccc2n4-c2ccccc2)cc1.c1ccc2c(c1)[nH]c1cc3c(cc12)[nH]c1ccccc13. The molecule has 0 radical (unpaired) electrons. The van der Waals surface area contributed by atoms with Crippen molar-refractivity contribution in [2.45, 2.75) is 0 Å². The van der Waals surface area contributed by atoms with Crippen LogP contribution in [0.5, 0.6) is 0 Å². The van der Waals surface area contributed by atoms with Gasteiger partial charge in [0.25, 0.3) is 0 Å². The first-order valence-electron chi connectivity index (χ1n) is 19.9. The molecule has 9 aromatic carbocycles. The van der Waals surface area contributed by atoms with E-state index in [-0.39, 0.29) is 1.43 Å². The standard InChI is InChI=1S/C30H20N2.C18H12N2.C6H5I.H2/c1-3-11-21(12-4-1)31-27-17-9-7-15-23(27)25-20-30-26(19-29(25)31)24-16-8-10-18-28(24)32(30)22-13-5-2-6-14-22;1-3-7-15-11(5-1)13-9-18-14(10-17(13)19-15)12-6-2-4-8-16(12)20-18;7-6-4-2-1-3-5-6;/h1-20H;1-10,19-20H;1-5H;1H/i;;;1+1. The summed E-state index contributed by atoms with van der Waals surface area (Å²) in [7, 11) is 0.